The first-order valence-electron chi connectivity index (χ1n) is 5.62. The summed E-state index contributed by atoms with van der Waals surface area (Å²) in [4.78, 5) is 0. The molecule has 0 saturated heterocycles. The fourth-order valence-corrected chi connectivity index (χ4v) is 2.93. The zero-order chi connectivity index (χ0) is 12.4. The maximum absolute atomic E-state index is 13.0. The van der Waals surface area contributed by atoms with E-state index in [1.807, 2.05) is 6.92 Å². The number of ether oxygens (including phenoxy) is 1. The van der Waals surface area contributed by atoms with E-state index in [9.17, 15) is 8.60 Å². The van der Waals surface area contributed by atoms with Crippen LogP contribution < -0.4 is 10.5 Å². The Morgan fingerprint density at radius 3 is 3.12 bits per heavy atom. The molecule has 1 heterocycles. The number of benzene rings is 1. The molecule has 1 aromatic carbocycles. The van der Waals surface area contributed by atoms with E-state index in [4.69, 9.17) is 10.5 Å². The third-order valence-electron chi connectivity index (χ3n) is 2.89. The van der Waals surface area contributed by atoms with Crippen molar-refractivity contribution in [1.82, 2.24) is 0 Å². The van der Waals surface area contributed by atoms with Crippen LogP contribution in [-0.4, -0.2) is 27.9 Å². The lowest BCUT2D eigenvalue weighted by Gasteiger charge is -2.13. The van der Waals surface area contributed by atoms with Gasteiger partial charge in [-0.3, -0.25) is 4.21 Å². The van der Waals surface area contributed by atoms with Gasteiger partial charge in [0.2, 0.25) is 0 Å². The van der Waals surface area contributed by atoms with Crippen LogP contribution in [0.15, 0.2) is 18.2 Å². The molecule has 1 aliphatic rings. The SMILES string of the molecule is CC(CN)S(=O)CC1Cc2cc(F)ccc2O1. The normalized spacial score (nSPS) is 21.7. The zero-order valence-corrected chi connectivity index (χ0v) is 10.5. The molecule has 0 aromatic heterocycles. The highest BCUT2D eigenvalue weighted by molar-refractivity contribution is 7.85. The molecule has 94 valence electrons. The van der Waals surface area contributed by atoms with E-state index in [2.05, 4.69) is 0 Å². The fraction of sp³-hybridized carbons (Fsp3) is 0.500. The maximum Gasteiger partial charge on any atom is 0.123 e. The quantitative estimate of drug-likeness (QED) is 0.882. The highest BCUT2D eigenvalue weighted by atomic mass is 32.2. The first-order chi connectivity index (χ1) is 8.10. The van der Waals surface area contributed by atoms with E-state index in [1.165, 1.54) is 12.1 Å². The van der Waals surface area contributed by atoms with Crippen molar-refractivity contribution in [3.63, 3.8) is 0 Å². The molecular weight excluding hydrogens is 241 g/mol. The largest absolute Gasteiger partial charge is 0.489 e. The lowest BCUT2D eigenvalue weighted by Crippen LogP contribution is -2.30. The smallest absolute Gasteiger partial charge is 0.123 e. The summed E-state index contributed by atoms with van der Waals surface area (Å²) in [5.41, 5.74) is 6.32. The Morgan fingerprint density at radius 1 is 1.65 bits per heavy atom. The molecule has 0 fully saturated rings. The number of rotatable bonds is 4. The minimum Gasteiger partial charge on any atom is -0.489 e. The molecule has 1 aliphatic heterocycles. The summed E-state index contributed by atoms with van der Waals surface area (Å²) in [6.07, 6.45) is 0.498. The summed E-state index contributed by atoms with van der Waals surface area (Å²) in [5, 5.41) is -0.0287. The van der Waals surface area contributed by atoms with Crippen molar-refractivity contribution in [2.24, 2.45) is 5.73 Å². The molecule has 0 bridgehead atoms. The van der Waals surface area contributed by atoms with Gasteiger partial charge in [-0.1, -0.05) is 0 Å². The Morgan fingerprint density at radius 2 is 2.41 bits per heavy atom. The first kappa shape index (κ1) is 12.5. The number of hydrogen-bond donors (Lipinski definition) is 1. The van der Waals surface area contributed by atoms with Gasteiger partial charge in [0.25, 0.3) is 0 Å². The van der Waals surface area contributed by atoms with E-state index < -0.39 is 10.8 Å². The second kappa shape index (κ2) is 5.14. The van der Waals surface area contributed by atoms with E-state index in [-0.39, 0.29) is 17.2 Å². The van der Waals surface area contributed by atoms with E-state index in [1.54, 1.807) is 6.07 Å². The van der Waals surface area contributed by atoms with Crippen molar-refractivity contribution >= 4 is 10.8 Å². The van der Waals surface area contributed by atoms with Crippen molar-refractivity contribution in [3.05, 3.63) is 29.6 Å². The van der Waals surface area contributed by atoms with Crippen molar-refractivity contribution in [2.75, 3.05) is 12.3 Å². The summed E-state index contributed by atoms with van der Waals surface area (Å²) < 4.78 is 30.5. The van der Waals surface area contributed by atoms with Crippen LogP contribution in [-0.2, 0) is 17.2 Å². The van der Waals surface area contributed by atoms with Crippen LogP contribution in [0.2, 0.25) is 0 Å². The lowest BCUT2D eigenvalue weighted by molar-refractivity contribution is 0.258. The predicted molar refractivity (Wildman–Crippen MR) is 66.0 cm³/mol. The standard InChI is InChI=1S/C12H16FNO2S/c1-8(6-14)17(15)7-11-5-9-4-10(13)2-3-12(9)16-11/h2-4,8,11H,5-7,14H2,1H3. The maximum atomic E-state index is 13.0. The minimum absolute atomic E-state index is 0.0287. The highest BCUT2D eigenvalue weighted by Gasteiger charge is 2.26. The lowest BCUT2D eigenvalue weighted by atomic mass is 10.1. The van der Waals surface area contributed by atoms with Crippen molar-refractivity contribution < 1.29 is 13.3 Å². The summed E-state index contributed by atoms with van der Waals surface area (Å²) >= 11 is 0. The monoisotopic (exact) mass is 257 g/mol. The van der Waals surface area contributed by atoms with Gasteiger partial charge in [-0.15, -0.1) is 0 Å². The molecule has 3 unspecified atom stereocenters. The van der Waals surface area contributed by atoms with Crippen LogP contribution in [0, 0.1) is 5.82 Å². The van der Waals surface area contributed by atoms with E-state index in [0.717, 1.165) is 5.56 Å². The molecule has 0 aliphatic carbocycles. The minimum atomic E-state index is -0.992. The fourth-order valence-electron chi connectivity index (χ4n) is 1.84. The average molecular weight is 257 g/mol. The summed E-state index contributed by atoms with van der Waals surface area (Å²) in [6, 6.07) is 4.48. The highest BCUT2D eigenvalue weighted by Crippen LogP contribution is 2.29. The van der Waals surface area contributed by atoms with Crippen molar-refractivity contribution in [2.45, 2.75) is 24.7 Å². The molecule has 2 rings (SSSR count). The van der Waals surface area contributed by atoms with Crippen LogP contribution in [0.3, 0.4) is 0 Å². The van der Waals surface area contributed by atoms with E-state index in [0.29, 0.717) is 24.5 Å². The Labute approximate surface area is 103 Å². The number of fused-ring (bicyclic) bond motifs is 1. The number of nitrogens with two attached hydrogens (primary N) is 1. The molecule has 0 spiro atoms. The van der Waals surface area contributed by atoms with Crippen LogP contribution in [0.1, 0.15) is 12.5 Å². The molecule has 0 saturated carbocycles. The van der Waals surface area contributed by atoms with Crippen LogP contribution in [0.5, 0.6) is 5.75 Å². The molecule has 5 heteroatoms. The first-order valence-corrected chi connectivity index (χ1v) is 7.00. The third kappa shape index (κ3) is 2.84. The van der Waals surface area contributed by atoms with Gasteiger partial charge >= 0.3 is 0 Å². The molecule has 17 heavy (non-hydrogen) atoms. The predicted octanol–water partition coefficient (Wildman–Crippen LogP) is 1.23. The Hall–Kier alpha value is -0.940. The molecule has 3 atom stereocenters. The molecule has 3 nitrogen and oxygen atoms in total. The van der Waals surface area contributed by atoms with Crippen LogP contribution in [0.25, 0.3) is 0 Å². The molecule has 0 amide bonds. The number of hydrogen-bond acceptors (Lipinski definition) is 3. The second-order valence-electron chi connectivity index (χ2n) is 4.29. The van der Waals surface area contributed by atoms with Gasteiger partial charge in [-0.2, -0.15) is 0 Å². The van der Waals surface area contributed by atoms with Crippen LogP contribution in [0.4, 0.5) is 4.39 Å². The number of halogens is 1. The Balaban J connectivity index is 1.99. The zero-order valence-electron chi connectivity index (χ0n) is 9.69. The van der Waals surface area contributed by atoms with Gasteiger partial charge in [0, 0.05) is 34.6 Å². The summed E-state index contributed by atoms with van der Waals surface area (Å²) in [5.74, 6) is 0.896. The van der Waals surface area contributed by atoms with Gasteiger partial charge in [0.1, 0.15) is 17.7 Å². The summed E-state index contributed by atoms with van der Waals surface area (Å²) in [7, 11) is -0.992. The Kier molecular flexibility index (Phi) is 3.79. The summed E-state index contributed by atoms with van der Waals surface area (Å²) in [6.45, 7) is 2.26. The topological polar surface area (TPSA) is 52.3 Å². The molecular formula is C12H16FNO2S. The van der Waals surface area contributed by atoms with Gasteiger partial charge in [0.15, 0.2) is 0 Å². The van der Waals surface area contributed by atoms with Gasteiger partial charge in [-0.05, 0) is 25.1 Å². The molecule has 0 radical (unpaired) electrons. The Bertz CT molecular complexity index is 439. The average Bonchev–Trinajstić information content (AvgIpc) is 2.69. The van der Waals surface area contributed by atoms with Crippen molar-refractivity contribution in [1.29, 1.82) is 0 Å². The van der Waals surface area contributed by atoms with Gasteiger partial charge in [-0.25, -0.2) is 4.39 Å². The third-order valence-corrected chi connectivity index (χ3v) is 4.68. The van der Waals surface area contributed by atoms with Crippen LogP contribution >= 0.6 is 0 Å². The van der Waals surface area contributed by atoms with Gasteiger partial charge in [0.05, 0.1) is 5.75 Å². The van der Waals surface area contributed by atoms with Crippen molar-refractivity contribution in [3.8, 4) is 5.75 Å². The molecule has 1 aromatic rings. The second-order valence-corrected chi connectivity index (χ2v) is 6.19. The van der Waals surface area contributed by atoms with Gasteiger partial charge < -0.3 is 10.5 Å². The van der Waals surface area contributed by atoms with E-state index >= 15 is 0 Å². The molecule has 2 N–H and O–H groups in total.